The van der Waals surface area contributed by atoms with Crippen LogP contribution in [0.25, 0.3) is 0 Å². The van der Waals surface area contributed by atoms with Crippen molar-refractivity contribution >= 4 is 34.4 Å². The lowest BCUT2D eigenvalue weighted by Crippen LogP contribution is -2.11. The summed E-state index contributed by atoms with van der Waals surface area (Å²) < 4.78 is 0.633. The molecule has 0 aliphatic heterocycles. The SMILES string of the molecule is Cc1ccccc1Sc1nc[nH]c(=O)c1I. The molecule has 0 aliphatic rings. The molecule has 16 heavy (non-hydrogen) atoms. The van der Waals surface area contributed by atoms with Crippen molar-refractivity contribution in [3.8, 4) is 0 Å². The Morgan fingerprint density at radius 2 is 2.12 bits per heavy atom. The highest BCUT2D eigenvalue weighted by Crippen LogP contribution is 2.29. The van der Waals surface area contributed by atoms with Crippen LogP contribution in [0.2, 0.25) is 0 Å². The smallest absolute Gasteiger partial charge is 0.265 e. The molecular formula is C11H9IN2OS. The maximum atomic E-state index is 11.4. The highest BCUT2D eigenvalue weighted by Gasteiger charge is 2.08. The molecule has 0 radical (unpaired) electrons. The van der Waals surface area contributed by atoms with E-state index < -0.39 is 0 Å². The number of aromatic nitrogens is 2. The molecule has 1 heterocycles. The Morgan fingerprint density at radius 1 is 1.38 bits per heavy atom. The average molecular weight is 344 g/mol. The molecule has 0 unspecified atom stereocenters. The van der Waals surface area contributed by atoms with Crippen molar-refractivity contribution in [2.24, 2.45) is 0 Å². The Labute approximate surface area is 111 Å². The minimum absolute atomic E-state index is 0.0910. The number of H-pyrrole nitrogens is 1. The zero-order valence-corrected chi connectivity index (χ0v) is 11.5. The molecule has 0 saturated heterocycles. The predicted molar refractivity (Wildman–Crippen MR) is 72.9 cm³/mol. The van der Waals surface area contributed by atoms with Gasteiger partial charge in [0.15, 0.2) is 0 Å². The van der Waals surface area contributed by atoms with Crippen molar-refractivity contribution in [1.29, 1.82) is 0 Å². The molecule has 82 valence electrons. The van der Waals surface area contributed by atoms with Gasteiger partial charge in [0.2, 0.25) is 0 Å². The van der Waals surface area contributed by atoms with Crippen LogP contribution < -0.4 is 5.56 Å². The number of rotatable bonds is 2. The van der Waals surface area contributed by atoms with Crippen molar-refractivity contribution in [1.82, 2.24) is 9.97 Å². The lowest BCUT2D eigenvalue weighted by molar-refractivity contribution is 0.987. The van der Waals surface area contributed by atoms with Crippen molar-refractivity contribution in [3.63, 3.8) is 0 Å². The van der Waals surface area contributed by atoms with Gasteiger partial charge in [0.1, 0.15) is 8.60 Å². The summed E-state index contributed by atoms with van der Waals surface area (Å²) in [5.74, 6) is 0. The summed E-state index contributed by atoms with van der Waals surface area (Å²) in [6.07, 6.45) is 1.44. The summed E-state index contributed by atoms with van der Waals surface area (Å²) in [4.78, 5) is 19.3. The molecule has 0 saturated carbocycles. The molecule has 0 fully saturated rings. The summed E-state index contributed by atoms with van der Waals surface area (Å²) >= 11 is 3.53. The first-order chi connectivity index (χ1) is 7.68. The molecule has 2 rings (SSSR count). The lowest BCUT2D eigenvalue weighted by atomic mass is 10.2. The Hall–Kier alpha value is -0.820. The Kier molecular flexibility index (Phi) is 3.65. The van der Waals surface area contributed by atoms with Gasteiger partial charge in [-0.25, -0.2) is 4.98 Å². The monoisotopic (exact) mass is 344 g/mol. The van der Waals surface area contributed by atoms with Gasteiger partial charge in [-0.05, 0) is 41.1 Å². The molecule has 1 aromatic heterocycles. The number of aromatic amines is 1. The van der Waals surface area contributed by atoms with E-state index in [4.69, 9.17) is 0 Å². The van der Waals surface area contributed by atoms with E-state index >= 15 is 0 Å². The lowest BCUT2D eigenvalue weighted by Gasteiger charge is -2.04. The maximum absolute atomic E-state index is 11.4. The fourth-order valence-electron chi connectivity index (χ4n) is 1.21. The molecule has 0 spiro atoms. The van der Waals surface area contributed by atoms with Gasteiger partial charge in [0.05, 0.1) is 6.33 Å². The molecule has 2 aromatic rings. The Balaban J connectivity index is 2.38. The van der Waals surface area contributed by atoms with Gasteiger partial charge in [-0.1, -0.05) is 30.0 Å². The van der Waals surface area contributed by atoms with E-state index in [0.717, 1.165) is 9.92 Å². The number of nitrogens with zero attached hydrogens (tertiary/aromatic N) is 1. The van der Waals surface area contributed by atoms with Crippen molar-refractivity contribution in [2.45, 2.75) is 16.8 Å². The molecule has 3 nitrogen and oxygen atoms in total. The number of nitrogens with one attached hydrogen (secondary N) is 1. The predicted octanol–water partition coefficient (Wildman–Crippen LogP) is 2.83. The van der Waals surface area contributed by atoms with Gasteiger partial charge < -0.3 is 4.98 Å². The molecular weight excluding hydrogens is 335 g/mol. The third-order valence-electron chi connectivity index (χ3n) is 2.06. The van der Waals surface area contributed by atoms with Crippen LogP contribution in [0.15, 0.2) is 45.3 Å². The first kappa shape index (κ1) is 11.7. The van der Waals surface area contributed by atoms with Crippen LogP contribution in [-0.2, 0) is 0 Å². The zero-order chi connectivity index (χ0) is 11.5. The van der Waals surface area contributed by atoms with E-state index in [9.17, 15) is 4.79 Å². The molecule has 5 heteroatoms. The third-order valence-corrected chi connectivity index (χ3v) is 4.61. The second-order valence-electron chi connectivity index (χ2n) is 3.22. The van der Waals surface area contributed by atoms with Crippen LogP contribution in [-0.4, -0.2) is 9.97 Å². The maximum Gasteiger partial charge on any atom is 0.265 e. The van der Waals surface area contributed by atoms with E-state index in [0.29, 0.717) is 3.57 Å². The first-order valence-corrected chi connectivity index (χ1v) is 6.54. The van der Waals surface area contributed by atoms with Crippen molar-refractivity contribution in [3.05, 3.63) is 50.1 Å². The van der Waals surface area contributed by atoms with Gasteiger partial charge in [-0.3, -0.25) is 4.79 Å². The highest BCUT2D eigenvalue weighted by molar-refractivity contribution is 14.1. The third kappa shape index (κ3) is 2.46. The van der Waals surface area contributed by atoms with Gasteiger partial charge in [-0.15, -0.1) is 0 Å². The van der Waals surface area contributed by atoms with E-state index in [2.05, 4.69) is 9.97 Å². The molecule has 1 aromatic carbocycles. The fraction of sp³-hybridized carbons (Fsp3) is 0.0909. The minimum Gasteiger partial charge on any atom is -0.312 e. The summed E-state index contributed by atoms with van der Waals surface area (Å²) in [5, 5.41) is 0.749. The molecule has 0 amide bonds. The van der Waals surface area contributed by atoms with E-state index in [1.807, 2.05) is 53.8 Å². The second kappa shape index (κ2) is 5.01. The van der Waals surface area contributed by atoms with Crippen LogP contribution in [0.4, 0.5) is 0 Å². The van der Waals surface area contributed by atoms with E-state index in [-0.39, 0.29) is 5.56 Å². The Morgan fingerprint density at radius 3 is 2.88 bits per heavy atom. The number of benzene rings is 1. The van der Waals surface area contributed by atoms with Crippen molar-refractivity contribution < 1.29 is 0 Å². The van der Waals surface area contributed by atoms with Crippen LogP contribution in [0.5, 0.6) is 0 Å². The van der Waals surface area contributed by atoms with Crippen molar-refractivity contribution in [2.75, 3.05) is 0 Å². The average Bonchev–Trinajstić information content (AvgIpc) is 2.28. The van der Waals surface area contributed by atoms with Gasteiger partial charge in [-0.2, -0.15) is 0 Å². The number of hydrogen-bond acceptors (Lipinski definition) is 3. The quantitative estimate of drug-likeness (QED) is 0.673. The van der Waals surface area contributed by atoms with E-state index in [1.54, 1.807) is 0 Å². The molecule has 0 atom stereocenters. The largest absolute Gasteiger partial charge is 0.312 e. The standard InChI is InChI=1S/C11H9IN2OS/c1-7-4-2-3-5-8(7)16-11-9(12)10(15)13-6-14-11/h2-6H,1H3,(H,13,14,15). The van der Waals surface area contributed by atoms with Crippen LogP contribution in [0.1, 0.15) is 5.56 Å². The normalized spacial score (nSPS) is 10.4. The van der Waals surface area contributed by atoms with Crippen LogP contribution >= 0.6 is 34.4 Å². The zero-order valence-electron chi connectivity index (χ0n) is 8.53. The minimum atomic E-state index is -0.0910. The van der Waals surface area contributed by atoms with Gasteiger partial charge >= 0.3 is 0 Å². The van der Waals surface area contributed by atoms with Crippen LogP contribution in [0.3, 0.4) is 0 Å². The number of halogens is 1. The summed E-state index contributed by atoms with van der Waals surface area (Å²) in [6, 6.07) is 8.05. The highest BCUT2D eigenvalue weighted by atomic mass is 127. The van der Waals surface area contributed by atoms with Gasteiger partial charge in [0, 0.05) is 4.90 Å². The van der Waals surface area contributed by atoms with Gasteiger partial charge in [0.25, 0.3) is 5.56 Å². The second-order valence-corrected chi connectivity index (χ2v) is 5.33. The Bertz CT molecular complexity index is 568. The molecule has 0 bridgehead atoms. The fourth-order valence-corrected chi connectivity index (χ4v) is 2.71. The summed E-state index contributed by atoms with van der Waals surface area (Å²) in [6.45, 7) is 2.04. The topological polar surface area (TPSA) is 45.8 Å². The van der Waals surface area contributed by atoms with Crippen LogP contribution in [0, 0.1) is 10.5 Å². The summed E-state index contributed by atoms with van der Waals surface area (Å²) in [7, 11) is 0. The number of hydrogen-bond donors (Lipinski definition) is 1. The molecule has 0 aliphatic carbocycles. The first-order valence-electron chi connectivity index (χ1n) is 4.65. The summed E-state index contributed by atoms with van der Waals surface area (Å²) in [5.41, 5.74) is 1.09. The van der Waals surface area contributed by atoms with E-state index in [1.165, 1.54) is 23.7 Å². The molecule has 1 N–H and O–H groups in total. The number of aryl methyl sites for hydroxylation is 1.